The van der Waals surface area contributed by atoms with Gasteiger partial charge in [-0.1, -0.05) is 23.7 Å². The minimum Gasteiger partial charge on any atom is -0.461 e. The summed E-state index contributed by atoms with van der Waals surface area (Å²) in [7, 11) is 0. The molecule has 0 radical (unpaired) electrons. The fourth-order valence-electron chi connectivity index (χ4n) is 1.64. The molecule has 0 aliphatic rings. The van der Waals surface area contributed by atoms with Crippen molar-refractivity contribution in [2.45, 2.75) is 26.4 Å². The van der Waals surface area contributed by atoms with Crippen LogP contribution < -0.4 is 10.1 Å². The van der Waals surface area contributed by atoms with Crippen molar-refractivity contribution < 1.29 is 4.74 Å². The summed E-state index contributed by atoms with van der Waals surface area (Å²) in [4.78, 5) is 12.1. The molecule has 0 aliphatic carbocycles. The summed E-state index contributed by atoms with van der Waals surface area (Å²) in [5, 5.41) is 3.94. The number of aromatic nitrogens is 3. The van der Waals surface area contributed by atoms with Gasteiger partial charge >= 0.3 is 6.01 Å². The molecule has 0 atom stereocenters. The third kappa shape index (κ3) is 5.36. The largest absolute Gasteiger partial charge is 0.461 e. The van der Waals surface area contributed by atoms with Crippen molar-refractivity contribution in [3.63, 3.8) is 0 Å². The standard InChI is InChI=1S/C14H16Cl2N4O/c1-9(2)21-14-19-12(16)18-13(20-14)17-8-7-10-3-5-11(15)6-4-10/h3-6,9H,7-8H2,1-2H3,(H,17,18,19,20). The first-order chi connectivity index (χ1) is 10.0. The van der Waals surface area contributed by atoms with Crippen molar-refractivity contribution in [1.29, 1.82) is 0 Å². The second-order valence-corrected chi connectivity index (χ2v) is 5.45. The highest BCUT2D eigenvalue weighted by molar-refractivity contribution is 6.30. The van der Waals surface area contributed by atoms with E-state index in [1.807, 2.05) is 38.1 Å². The Morgan fingerprint density at radius 3 is 2.48 bits per heavy atom. The first-order valence-corrected chi connectivity index (χ1v) is 7.35. The second-order valence-electron chi connectivity index (χ2n) is 4.68. The number of nitrogens with zero attached hydrogens (tertiary/aromatic N) is 3. The van der Waals surface area contributed by atoms with Gasteiger partial charge in [-0.2, -0.15) is 15.0 Å². The lowest BCUT2D eigenvalue weighted by Gasteiger charge is -2.09. The SMILES string of the molecule is CC(C)Oc1nc(Cl)nc(NCCc2ccc(Cl)cc2)n1. The van der Waals surface area contributed by atoms with Crippen molar-refractivity contribution in [1.82, 2.24) is 15.0 Å². The number of nitrogens with one attached hydrogen (secondary N) is 1. The fraction of sp³-hybridized carbons (Fsp3) is 0.357. The Hall–Kier alpha value is -1.59. The van der Waals surface area contributed by atoms with Crippen LogP contribution in [0.1, 0.15) is 19.4 Å². The van der Waals surface area contributed by atoms with Crippen molar-refractivity contribution in [2.24, 2.45) is 0 Å². The first kappa shape index (κ1) is 15.8. The molecule has 0 unspecified atom stereocenters. The van der Waals surface area contributed by atoms with E-state index < -0.39 is 0 Å². The fourth-order valence-corrected chi connectivity index (χ4v) is 1.92. The van der Waals surface area contributed by atoms with Crippen LogP contribution in [0.15, 0.2) is 24.3 Å². The first-order valence-electron chi connectivity index (χ1n) is 6.59. The highest BCUT2D eigenvalue weighted by Crippen LogP contribution is 2.13. The molecule has 1 N–H and O–H groups in total. The molecule has 0 aliphatic heterocycles. The highest BCUT2D eigenvalue weighted by Gasteiger charge is 2.07. The quantitative estimate of drug-likeness (QED) is 0.878. The maximum absolute atomic E-state index is 5.85. The number of hydrogen-bond donors (Lipinski definition) is 1. The van der Waals surface area contributed by atoms with Gasteiger partial charge in [0.1, 0.15) is 0 Å². The number of anilines is 1. The molecule has 0 amide bonds. The molecule has 2 aromatic rings. The average Bonchev–Trinajstić information content (AvgIpc) is 2.39. The van der Waals surface area contributed by atoms with Gasteiger partial charge in [0.2, 0.25) is 11.2 Å². The van der Waals surface area contributed by atoms with Crippen LogP contribution in [0.3, 0.4) is 0 Å². The monoisotopic (exact) mass is 326 g/mol. The predicted molar refractivity (Wildman–Crippen MR) is 84.2 cm³/mol. The second kappa shape index (κ2) is 7.43. The van der Waals surface area contributed by atoms with Crippen LogP contribution in [0.5, 0.6) is 6.01 Å². The zero-order valence-corrected chi connectivity index (χ0v) is 13.3. The lowest BCUT2D eigenvalue weighted by atomic mass is 10.1. The van der Waals surface area contributed by atoms with E-state index in [0.717, 1.165) is 11.4 Å². The number of rotatable bonds is 6. The molecule has 2 rings (SSSR count). The molecule has 1 aromatic carbocycles. The van der Waals surface area contributed by atoms with Gasteiger partial charge in [-0.25, -0.2) is 0 Å². The average molecular weight is 327 g/mol. The summed E-state index contributed by atoms with van der Waals surface area (Å²) in [5.74, 6) is 0.402. The van der Waals surface area contributed by atoms with Gasteiger partial charge in [0, 0.05) is 11.6 Å². The smallest absolute Gasteiger partial charge is 0.322 e. The van der Waals surface area contributed by atoms with Gasteiger partial charge in [0.05, 0.1) is 6.10 Å². The minimum absolute atomic E-state index is 0.0228. The Kier molecular flexibility index (Phi) is 5.59. The molecule has 0 saturated heterocycles. The Bertz CT molecular complexity index is 590. The molecular weight excluding hydrogens is 311 g/mol. The number of ether oxygens (including phenoxy) is 1. The minimum atomic E-state index is -0.0228. The predicted octanol–water partition coefficient (Wildman–Crippen LogP) is 3.62. The molecule has 112 valence electrons. The maximum atomic E-state index is 5.85. The van der Waals surface area contributed by atoms with Crippen LogP contribution >= 0.6 is 23.2 Å². The molecule has 21 heavy (non-hydrogen) atoms. The van der Waals surface area contributed by atoms with E-state index in [0.29, 0.717) is 12.5 Å². The van der Waals surface area contributed by atoms with Crippen LogP contribution in [0.4, 0.5) is 5.95 Å². The van der Waals surface area contributed by atoms with Crippen LogP contribution in [0.2, 0.25) is 10.3 Å². The lowest BCUT2D eigenvalue weighted by molar-refractivity contribution is 0.222. The summed E-state index contributed by atoms with van der Waals surface area (Å²) in [6.45, 7) is 4.46. The number of benzene rings is 1. The van der Waals surface area contributed by atoms with Crippen LogP contribution in [-0.2, 0) is 6.42 Å². The summed E-state index contributed by atoms with van der Waals surface area (Å²) in [6.07, 6.45) is 0.797. The molecule has 0 saturated carbocycles. The van der Waals surface area contributed by atoms with E-state index in [1.165, 1.54) is 5.56 Å². The topological polar surface area (TPSA) is 59.9 Å². The highest BCUT2D eigenvalue weighted by atomic mass is 35.5. The lowest BCUT2D eigenvalue weighted by Crippen LogP contribution is -2.12. The summed E-state index contributed by atoms with van der Waals surface area (Å²) >= 11 is 11.7. The molecule has 0 bridgehead atoms. The van der Waals surface area contributed by atoms with Gasteiger partial charge in [0.15, 0.2) is 0 Å². The molecule has 1 heterocycles. The molecule has 7 heteroatoms. The normalized spacial score (nSPS) is 10.7. The maximum Gasteiger partial charge on any atom is 0.322 e. The molecule has 0 fully saturated rings. The summed E-state index contributed by atoms with van der Waals surface area (Å²) in [6, 6.07) is 7.92. The third-order valence-corrected chi connectivity index (χ3v) is 2.96. The van der Waals surface area contributed by atoms with E-state index in [1.54, 1.807) is 0 Å². The van der Waals surface area contributed by atoms with Gasteiger partial charge in [0.25, 0.3) is 0 Å². The Labute approximate surface area is 133 Å². The zero-order valence-electron chi connectivity index (χ0n) is 11.8. The van der Waals surface area contributed by atoms with E-state index in [9.17, 15) is 0 Å². The van der Waals surface area contributed by atoms with Crippen molar-refractivity contribution in [3.8, 4) is 6.01 Å². The van der Waals surface area contributed by atoms with E-state index >= 15 is 0 Å². The molecule has 5 nitrogen and oxygen atoms in total. The van der Waals surface area contributed by atoms with Crippen LogP contribution in [0.25, 0.3) is 0 Å². The molecular formula is C14H16Cl2N4O. The Balaban J connectivity index is 1.93. The Morgan fingerprint density at radius 1 is 1.10 bits per heavy atom. The van der Waals surface area contributed by atoms with Crippen molar-refractivity contribution >= 4 is 29.2 Å². The third-order valence-electron chi connectivity index (χ3n) is 2.54. The number of hydrogen-bond acceptors (Lipinski definition) is 5. The summed E-state index contributed by atoms with van der Waals surface area (Å²) in [5.41, 5.74) is 1.17. The van der Waals surface area contributed by atoms with Gasteiger partial charge in [-0.3, -0.25) is 0 Å². The van der Waals surface area contributed by atoms with E-state index in [4.69, 9.17) is 27.9 Å². The van der Waals surface area contributed by atoms with Crippen LogP contribution in [-0.4, -0.2) is 27.6 Å². The number of halogens is 2. The van der Waals surface area contributed by atoms with Gasteiger partial charge in [-0.05, 0) is 49.6 Å². The van der Waals surface area contributed by atoms with Crippen molar-refractivity contribution in [2.75, 3.05) is 11.9 Å². The molecule has 1 aromatic heterocycles. The summed E-state index contributed by atoms with van der Waals surface area (Å²) < 4.78 is 5.41. The molecule has 0 spiro atoms. The van der Waals surface area contributed by atoms with E-state index in [-0.39, 0.29) is 17.4 Å². The van der Waals surface area contributed by atoms with Crippen LogP contribution in [0, 0.1) is 0 Å². The Morgan fingerprint density at radius 2 is 1.81 bits per heavy atom. The van der Waals surface area contributed by atoms with Gasteiger partial charge < -0.3 is 10.1 Å². The zero-order chi connectivity index (χ0) is 15.2. The van der Waals surface area contributed by atoms with Crippen molar-refractivity contribution in [3.05, 3.63) is 40.1 Å². The van der Waals surface area contributed by atoms with E-state index in [2.05, 4.69) is 20.3 Å². The van der Waals surface area contributed by atoms with Gasteiger partial charge in [-0.15, -0.1) is 0 Å².